The molecule has 4 nitrogen and oxygen atoms in total. The van der Waals surface area contributed by atoms with E-state index in [2.05, 4.69) is 15.8 Å². The number of hydrazine groups is 1. The minimum Gasteiger partial charge on any atom is -0.494 e. The zero-order valence-corrected chi connectivity index (χ0v) is 10.2. The van der Waals surface area contributed by atoms with E-state index in [1.54, 1.807) is 7.05 Å². The van der Waals surface area contributed by atoms with Crippen molar-refractivity contribution in [2.45, 2.75) is 6.92 Å². The second-order valence-electron chi connectivity index (χ2n) is 2.99. The van der Waals surface area contributed by atoms with E-state index in [-0.39, 0.29) is 0 Å². The van der Waals surface area contributed by atoms with Crippen molar-refractivity contribution < 1.29 is 9.84 Å². The fourth-order valence-electron chi connectivity index (χ4n) is 1.07. The molecule has 0 heterocycles. The summed E-state index contributed by atoms with van der Waals surface area (Å²) in [6.45, 7) is 2.64. The predicted molar refractivity (Wildman–Crippen MR) is 68.5 cm³/mol. The molecule has 0 saturated heterocycles. The van der Waals surface area contributed by atoms with Gasteiger partial charge in [0.1, 0.15) is 5.75 Å². The van der Waals surface area contributed by atoms with Crippen molar-refractivity contribution in [3.8, 4) is 5.75 Å². The molecular formula is C11H16N3OS+. The summed E-state index contributed by atoms with van der Waals surface area (Å²) in [5.74, 6) is 0.873. The van der Waals surface area contributed by atoms with Crippen molar-refractivity contribution in [1.82, 2.24) is 10.7 Å². The third kappa shape index (κ3) is 4.27. The van der Waals surface area contributed by atoms with Gasteiger partial charge in [-0.3, -0.25) is 0 Å². The lowest BCUT2D eigenvalue weighted by atomic mass is 10.2. The van der Waals surface area contributed by atoms with Gasteiger partial charge < -0.3 is 10.1 Å². The quantitative estimate of drug-likeness (QED) is 0.379. The van der Waals surface area contributed by atoms with Gasteiger partial charge in [-0.05, 0) is 43.4 Å². The average Bonchev–Trinajstić information content (AvgIpc) is 2.31. The van der Waals surface area contributed by atoms with Gasteiger partial charge in [-0.25, -0.2) is 0 Å². The fraction of sp³-hybridized carbons (Fsp3) is 0.273. The molecule has 0 saturated carbocycles. The Bertz CT molecular complexity index is 362. The van der Waals surface area contributed by atoms with Gasteiger partial charge >= 0.3 is 0 Å². The lowest BCUT2D eigenvalue weighted by Gasteiger charge is -2.01. The maximum Gasteiger partial charge on any atom is 0.223 e. The van der Waals surface area contributed by atoms with Crippen molar-refractivity contribution in [3.05, 3.63) is 29.8 Å². The molecule has 0 amide bonds. The highest BCUT2D eigenvalue weighted by Gasteiger charge is 1.95. The van der Waals surface area contributed by atoms with E-state index >= 15 is 0 Å². The Morgan fingerprint density at radius 2 is 2.12 bits per heavy atom. The van der Waals surface area contributed by atoms with Gasteiger partial charge in [-0.2, -0.15) is 0 Å². The first kappa shape index (κ1) is 12.4. The number of nitrogens with one attached hydrogen (secondary N) is 3. The van der Waals surface area contributed by atoms with Crippen LogP contribution in [0.4, 0.5) is 0 Å². The molecule has 1 aromatic carbocycles. The van der Waals surface area contributed by atoms with Crippen molar-refractivity contribution in [2.24, 2.45) is 0 Å². The standard InChI is InChI=1S/C11H15N3OS/c1-3-15-10-6-4-9(5-7-10)8-13-14-11(16)12-2/h4-8H,3H2,1-2H3,(H2,12,14,16)/p+1. The van der Waals surface area contributed by atoms with Gasteiger partial charge in [-0.15, -0.1) is 10.5 Å². The predicted octanol–water partition coefficient (Wildman–Crippen LogP) is -0.406. The molecule has 0 radical (unpaired) electrons. The van der Waals surface area contributed by atoms with Crippen LogP contribution in [0, 0.1) is 0 Å². The summed E-state index contributed by atoms with van der Waals surface area (Å²) >= 11 is 4.90. The van der Waals surface area contributed by atoms with Crippen LogP contribution in [0.1, 0.15) is 12.5 Å². The van der Waals surface area contributed by atoms with E-state index < -0.39 is 0 Å². The third-order valence-electron chi connectivity index (χ3n) is 1.84. The molecule has 0 aliphatic heterocycles. The van der Waals surface area contributed by atoms with Crippen LogP contribution in [-0.4, -0.2) is 25.0 Å². The van der Waals surface area contributed by atoms with Crippen LogP contribution in [-0.2, 0) is 0 Å². The van der Waals surface area contributed by atoms with Crippen molar-refractivity contribution in [2.75, 3.05) is 13.7 Å². The van der Waals surface area contributed by atoms with Gasteiger partial charge in [-0.1, -0.05) is 0 Å². The number of hydrogen-bond donors (Lipinski definition) is 3. The van der Waals surface area contributed by atoms with E-state index in [0.29, 0.717) is 11.7 Å². The maximum absolute atomic E-state index is 5.34. The van der Waals surface area contributed by atoms with E-state index in [1.165, 1.54) is 0 Å². The zero-order valence-electron chi connectivity index (χ0n) is 9.41. The molecule has 0 aliphatic rings. The molecule has 0 bridgehead atoms. The third-order valence-corrected chi connectivity index (χ3v) is 2.15. The Hall–Kier alpha value is -1.62. The highest BCUT2D eigenvalue weighted by molar-refractivity contribution is 7.80. The van der Waals surface area contributed by atoms with Gasteiger partial charge in [0.25, 0.3) is 0 Å². The first-order valence-corrected chi connectivity index (χ1v) is 5.46. The summed E-state index contributed by atoms with van der Waals surface area (Å²) in [6, 6.07) is 7.77. The normalized spacial score (nSPS) is 10.1. The SMILES string of the molecule is CCOc1ccc(C=[NH+]NC(=S)NC)cc1. The van der Waals surface area contributed by atoms with E-state index in [0.717, 1.165) is 11.3 Å². The first-order valence-electron chi connectivity index (χ1n) is 5.05. The molecule has 1 aromatic rings. The molecule has 0 atom stereocenters. The Kier molecular flexibility index (Phi) is 5.28. The molecule has 0 aliphatic carbocycles. The Morgan fingerprint density at radius 1 is 1.44 bits per heavy atom. The molecule has 16 heavy (non-hydrogen) atoms. The number of hydrogen-bond acceptors (Lipinski definition) is 2. The molecule has 0 fully saturated rings. The highest BCUT2D eigenvalue weighted by Crippen LogP contribution is 2.09. The topological polar surface area (TPSA) is 47.3 Å². The number of ether oxygens (including phenoxy) is 1. The Labute approximate surface area is 101 Å². The van der Waals surface area contributed by atoms with E-state index in [4.69, 9.17) is 17.0 Å². The van der Waals surface area contributed by atoms with Crippen LogP contribution < -0.4 is 20.6 Å². The van der Waals surface area contributed by atoms with Crippen LogP contribution in [0.5, 0.6) is 5.75 Å². The number of benzene rings is 1. The average molecular weight is 238 g/mol. The lowest BCUT2D eigenvalue weighted by molar-refractivity contribution is -0.500. The van der Waals surface area contributed by atoms with Crippen molar-refractivity contribution in [3.63, 3.8) is 0 Å². The van der Waals surface area contributed by atoms with Crippen LogP contribution in [0.25, 0.3) is 0 Å². The molecule has 5 heteroatoms. The highest BCUT2D eigenvalue weighted by atomic mass is 32.1. The summed E-state index contributed by atoms with van der Waals surface area (Å²) < 4.78 is 5.34. The van der Waals surface area contributed by atoms with Crippen molar-refractivity contribution >= 4 is 23.5 Å². The molecule has 0 aromatic heterocycles. The van der Waals surface area contributed by atoms with Crippen molar-refractivity contribution in [1.29, 1.82) is 0 Å². The summed E-state index contributed by atoms with van der Waals surface area (Å²) in [5, 5.41) is 6.22. The largest absolute Gasteiger partial charge is 0.494 e. The molecule has 0 spiro atoms. The summed E-state index contributed by atoms with van der Waals surface area (Å²) in [6.07, 6.45) is 1.82. The summed E-state index contributed by atoms with van der Waals surface area (Å²) in [5.41, 5.74) is 3.84. The second kappa shape index (κ2) is 6.79. The van der Waals surface area contributed by atoms with Gasteiger partial charge in [0.2, 0.25) is 5.11 Å². The fourth-order valence-corrected chi connectivity index (χ4v) is 1.13. The first-order chi connectivity index (χ1) is 7.76. The maximum atomic E-state index is 5.34. The molecular weight excluding hydrogens is 222 g/mol. The summed E-state index contributed by atoms with van der Waals surface area (Å²) in [4.78, 5) is 0. The van der Waals surface area contributed by atoms with Gasteiger partial charge in [0, 0.05) is 12.6 Å². The van der Waals surface area contributed by atoms with Crippen LogP contribution in [0.3, 0.4) is 0 Å². The Balaban J connectivity index is 2.51. The monoisotopic (exact) mass is 238 g/mol. The van der Waals surface area contributed by atoms with Crippen LogP contribution in [0.15, 0.2) is 24.3 Å². The smallest absolute Gasteiger partial charge is 0.223 e. The molecule has 86 valence electrons. The number of hydrazone groups is 1. The van der Waals surface area contributed by atoms with Crippen LogP contribution >= 0.6 is 12.2 Å². The van der Waals surface area contributed by atoms with E-state index in [1.807, 2.05) is 37.4 Å². The summed E-state index contributed by atoms with van der Waals surface area (Å²) in [7, 11) is 1.76. The molecule has 0 unspecified atom stereocenters. The zero-order chi connectivity index (χ0) is 11.8. The molecule has 3 N–H and O–H groups in total. The second-order valence-corrected chi connectivity index (χ2v) is 3.40. The number of rotatable bonds is 4. The van der Waals surface area contributed by atoms with Crippen LogP contribution in [0.2, 0.25) is 0 Å². The molecule has 1 rings (SSSR count). The van der Waals surface area contributed by atoms with Gasteiger partial charge in [0.15, 0.2) is 6.21 Å². The number of thiocarbonyl (C=S) groups is 1. The minimum absolute atomic E-state index is 0.544. The van der Waals surface area contributed by atoms with E-state index in [9.17, 15) is 0 Å². The Morgan fingerprint density at radius 3 is 2.69 bits per heavy atom. The lowest BCUT2D eigenvalue weighted by Crippen LogP contribution is -2.82. The minimum atomic E-state index is 0.544. The van der Waals surface area contributed by atoms with Gasteiger partial charge in [0.05, 0.1) is 6.61 Å².